The summed E-state index contributed by atoms with van der Waals surface area (Å²) in [7, 11) is 0. The second-order valence-corrected chi connectivity index (χ2v) is 5.53. The van der Waals surface area contributed by atoms with Crippen LogP contribution >= 0.6 is 11.6 Å². The highest BCUT2D eigenvalue weighted by atomic mass is 35.5. The summed E-state index contributed by atoms with van der Waals surface area (Å²) in [6.07, 6.45) is 6.52. The van der Waals surface area contributed by atoms with Gasteiger partial charge in [-0.15, -0.1) is 11.6 Å². The van der Waals surface area contributed by atoms with Gasteiger partial charge < -0.3 is 5.32 Å². The molecule has 0 aliphatic heterocycles. The minimum Gasteiger partial charge on any atom is -0.352 e. The van der Waals surface area contributed by atoms with Gasteiger partial charge in [-0.1, -0.05) is 49.6 Å². The van der Waals surface area contributed by atoms with Crippen LogP contribution in [0.15, 0.2) is 30.3 Å². The summed E-state index contributed by atoms with van der Waals surface area (Å²) in [6, 6.07) is 10.3. The molecule has 0 bridgehead atoms. The molecule has 1 saturated carbocycles. The highest BCUT2D eigenvalue weighted by molar-refractivity contribution is 6.30. The van der Waals surface area contributed by atoms with Crippen LogP contribution in [0.25, 0.3) is 0 Å². The van der Waals surface area contributed by atoms with Crippen LogP contribution in [0.1, 0.15) is 37.7 Å². The molecule has 1 fully saturated rings. The Kier molecular flexibility index (Phi) is 5.06. The maximum atomic E-state index is 12.0. The van der Waals surface area contributed by atoms with Crippen molar-refractivity contribution in [1.29, 1.82) is 0 Å². The Morgan fingerprint density at radius 2 is 1.89 bits per heavy atom. The molecular weight excluding hydrogens is 246 g/mol. The van der Waals surface area contributed by atoms with Gasteiger partial charge in [0.25, 0.3) is 0 Å². The minimum absolute atomic E-state index is 0.0209. The topological polar surface area (TPSA) is 29.1 Å². The monoisotopic (exact) mass is 265 g/mol. The van der Waals surface area contributed by atoms with E-state index in [2.05, 4.69) is 5.32 Å². The lowest BCUT2D eigenvalue weighted by molar-refractivity contribution is -0.121. The largest absolute Gasteiger partial charge is 0.352 e. The van der Waals surface area contributed by atoms with Crippen LogP contribution in [-0.4, -0.2) is 17.3 Å². The van der Waals surface area contributed by atoms with Crippen LogP contribution in [0.3, 0.4) is 0 Å². The molecule has 1 atom stereocenters. The van der Waals surface area contributed by atoms with E-state index in [1.54, 1.807) is 0 Å². The first-order valence-corrected chi connectivity index (χ1v) is 7.18. The maximum absolute atomic E-state index is 12.0. The number of halogens is 1. The zero-order chi connectivity index (χ0) is 12.8. The lowest BCUT2D eigenvalue weighted by Gasteiger charge is -2.24. The van der Waals surface area contributed by atoms with Crippen molar-refractivity contribution in [1.82, 2.24) is 5.32 Å². The normalized spacial score (nSPS) is 18.3. The van der Waals surface area contributed by atoms with Crippen LogP contribution in [-0.2, 0) is 11.2 Å². The number of carbonyl (C=O) groups excluding carboxylic acids is 1. The second kappa shape index (κ2) is 6.79. The van der Waals surface area contributed by atoms with Crippen LogP contribution < -0.4 is 5.32 Å². The molecule has 1 N–H and O–H groups in total. The van der Waals surface area contributed by atoms with E-state index in [0.29, 0.717) is 12.5 Å². The van der Waals surface area contributed by atoms with Crippen molar-refractivity contribution >= 4 is 17.5 Å². The highest BCUT2D eigenvalue weighted by Gasteiger charge is 2.20. The van der Waals surface area contributed by atoms with Crippen molar-refractivity contribution in [2.45, 2.75) is 49.9 Å². The predicted octanol–water partition coefficient (Wildman–Crippen LogP) is 3.29. The Labute approximate surface area is 114 Å². The third-order valence-corrected chi connectivity index (χ3v) is 3.85. The van der Waals surface area contributed by atoms with E-state index in [1.807, 2.05) is 30.3 Å². The van der Waals surface area contributed by atoms with Gasteiger partial charge in [0.05, 0.1) is 0 Å². The molecule has 1 aromatic carbocycles. The number of carbonyl (C=O) groups is 1. The molecule has 0 saturated heterocycles. The number of benzene rings is 1. The summed E-state index contributed by atoms with van der Waals surface area (Å²) in [5, 5.41) is 2.60. The maximum Gasteiger partial charge on any atom is 0.238 e. The zero-order valence-corrected chi connectivity index (χ0v) is 11.3. The SMILES string of the molecule is O=C(NC1CCCCC1)C(Cl)Cc1ccccc1. The molecular formula is C15H20ClNO. The van der Waals surface area contributed by atoms with Crippen LogP contribution in [0.5, 0.6) is 0 Å². The molecule has 1 aliphatic carbocycles. The zero-order valence-electron chi connectivity index (χ0n) is 10.6. The Morgan fingerprint density at radius 3 is 2.56 bits per heavy atom. The highest BCUT2D eigenvalue weighted by Crippen LogP contribution is 2.18. The van der Waals surface area contributed by atoms with Crippen molar-refractivity contribution < 1.29 is 4.79 Å². The van der Waals surface area contributed by atoms with E-state index in [1.165, 1.54) is 19.3 Å². The smallest absolute Gasteiger partial charge is 0.238 e. The van der Waals surface area contributed by atoms with Gasteiger partial charge in [-0.05, 0) is 24.8 Å². The summed E-state index contributed by atoms with van der Waals surface area (Å²) in [6.45, 7) is 0. The molecule has 0 radical (unpaired) electrons. The fourth-order valence-corrected chi connectivity index (χ4v) is 2.69. The van der Waals surface area contributed by atoms with E-state index < -0.39 is 5.38 Å². The molecule has 1 unspecified atom stereocenters. The molecule has 98 valence electrons. The molecule has 2 rings (SSSR count). The van der Waals surface area contributed by atoms with Gasteiger partial charge in [-0.2, -0.15) is 0 Å². The molecule has 0 heterocycles. The lowest BCUT2D eigenvalue weighted by atomic mass is 9.95. The van der Waals surface area contributed by atoms with Crippen molar-refractivity contribution in [2.75, 3.05) is 0 Å². The Morgan fingerprint density at radius 1 is 1.22 bits per heavy atom. The molecule has 0 spiro atoms. The third kappa shape index (κ3) is 4.02. The quantitative estimate of drug-likeness (QED) is 0.832. The van der Waals surface area contributed by atoms with Gasteiger partial charge in [-0.25, -0.2) is 0 Å². The summed E-state index contributed by atoms with van der Waals surface area (Å²) < 4.78 is 0. The van der Waals surface area contributed by atoms with Gasteiger partial charge in [0.2, 0.25) is 5.91 Å². The van der Waals surface area contributed by atoms with E-state index in [0.717, 1.165) is 18.4 Å². The average Bonchev–Trinajstić information content (AvgIpc) is 2.41. The molecule has 2 nitrogen and oxygen atoms in total. The van der Waals surface area contributed by atoms with Crippen molar-refractivity contribution in [2.24, 2.45) is 0 Å². The van der Waals surface area contributed by atoms with Gasteiger partial charge in [0, 0.05) is 6.04 Å². The third-order valence-electron chi connectivity index (χ3n) is 3.49. The summed E-state index contributed by atoms with van der Waals surface area (Å²) in [4.78, 5) is 12.0. The van der Waals surface area contributed by atoms with E-state index in [9.17, 15) is 4.79 Å². The van der Waals surface area contributed by atoms with E-state index >= 15 is 0 Å². The number of hydrogen-bond donors (Lipinski definition) is 1. The number of amides is 1. The Bertz CT molecular complexity index is 373. The fourth-order valence-electron chi connectivity index (χ4n) is 2.45. The van der Waals surface area contributed by atoms with Crippen molar-refractivity contribution in [3.8, 4) is 0 Å². The first-order valence-electron chi connectivity index (χ1n) is 6.74. The van der Waals surface area contributed by atoms with Gasteiger partial charge in [-0.3, -0.25) is 4.79 Å². The standard InChI is InChI=1S/C15H20ClNO/c16-14(11-12-7-3-1-4-8-12)15(18)17-13-9-5-2-6-10-13/h1,3-4,7-8,13-14H,2,5-6,9-11H2,(H,17,18). The van der Waals surface area contributed by atoms with E-state index in [4.69, 9.17) is 11.6 Å². The molecule has 1 aliphatic rings. The van der Waals surface area contributed by atoms with Crippen molar-refractivity contribution in [3.05, 3.63) is 35.9 Å². The lowest BCUT2D eigenvalue weighted by Crippen LogP contribution is -2.41. The van der Waals surface area contributed by atoms with E-state index in [-0.39, 0.29) is 5.91 Å². The summed E-state index contributed by atoms with van der Waals surface area (Å²) in [5.74, 6) is -0.0209. The van der Waals surface area contributed by atoms with Crippen molar-refractivity contribution in [3.63, 3.8) is 0 Å². The Hall–Kier alpha value is -1.02. The average molecular weight is 266 g/mol. The number of rotatable bonds is 4. The molecule has 0 aromatic heterocycles. The van der Waals surface area contributed by atoms with Crippen LogP contribution in [0.2, 0.25) is 0 Å². The second-order valence-electron chi connectivity index (χ2n) is 5.00. The fraction of sp³-hybridized carbons (Fsp3) is 0.533. The number of hydrogen-bond acceptors (Lipinski definition) is 1. The van der Waals surface area contributed by atoms with Gasteiger partial charge in [0.15, 0.2) is 0 Å². The van der Waals surface area contributed by atoms with Crippen LogP contribution in [0, 0.1) is 0 Å². The summed E-state index contributed by atoms with van der Waals surface area (Å²) in [5.41, 5.74) is 1.11. The van der Waals surface area contributed by atoms with Gasteiger partial charge in [0.1, 0.15) is 5.38 Å². The predicted molar refractivity (Wildman–Crippen MR) is 74.8 cm³/mol. The molecule has 1 amide bonds. The minimum atomic E-state index is -0.464. The summed E-state index contributed by atoms with van der Waals surface area (Å²) >= 11 is 6.17. The molecule has 18 heavy (non-hydrogen) atoms. The Balaban J connectivity index is 1.81. The number of nitrogens with one attached hydrogen (secondary N) is 1. The first kappa shape index (κ1) is 13.4. The number of alkyl halides is 1. The molecule has 3 heteroatoms. The van der Waals surface area contributed by atoms with Gasteiger partial charge >= 0.3 is 0 Å². The first-order chi connectivity index (χ1) is 8.75. The molecule has 1 aromatic rings. The van der Waals surface area contributed by atoms with Crippen LogP contribution in [0.4, 0.5) is 0 Å².